The molecular formula is C20H23NO3S. The highest BCUT2D eigenvalue weighted by atomic mass is 32.2. The van der Waals surface area contributed by atoms with E-state index in [9.17, 15) is 4.79 Å². The van der Waals surface area contributed by atoms with Gasteiger partial charge < -0.3 is 14.8 Å². The van der Waals surface area contributed by atoms with Gasteiger partial charge in [-0.15, -0.1) is 11.8 Å². The van der Waals surface area contributed by atoms with Crippen LogP contribution >= 0.6 is 11.8 Å². The number of aryl methyl sites for hydroxylation is 2. The van der Waals surface area contributed by atoms with E-state index in [1.807, 2.05) is 57.2 Å². The third kappa shape index (κ3) is 4.48. The van der Waals surface area contributed by atoms with Gasteiger partial charge in [0.15, 0.2) is 11.5 Å². The van der Waals surface area contributed by atoms with Crippen molar-refractivity contribution < 1.29 is 14.3 Å². The van der Waals surface area contributed by atoms with E-state index in [1.165, 1.54) is 11.8 Å². The summed E-state index contributed by atoms with van der Waals surface area (Å²) in [5.41, 5.74) is 3.06. The van der Waals surface area contributed by atoms with Gasteiger partial charge in [-0.2, -0.15) is 0 Å². The Balaban J connectivity index is 1.67. The zero-order chi connectivity index (χ0) is 17.8. The molecular weight excluding hydrogens is 334 g/mol. The molecule has 1 aliphatic rings. The van der Waals surface area contributed by atoms with Gasteiger partial charge in [-0.1, -0.05) is 12.1 Å². The number of carbonyl (C=O) groups excluding carboxylic acids is 1. The Kier molecular flexibility index (Phi) is 5.53. The molecule has 0 spiro atoms. The van der Waals surface area contributed by atoms with Gasteiger partial charge in [0.1, 0.15) is 0 Å². The second-order valence-corrected chi connectivity index (χ2v) is 7.64. The van der Waals surface area contributed by atoms with Gasteiger partial charge in [-0.3, -0.25) is 4.79 Å². The Morgan fingerprint density at radius 3 is 2.64 bits per heavy atom. The summed E-state index contributed by atoms with van der Waals surface area (Å²) in [7, 11) is 0. The van der Waals surface area contributed by atoms with Crippen molar-refractivity contribution in [3.05, 3.63) is 47.5 Å². The van der Waals surface area contributed by atoms with Crippen molar-refractivity contribution in [2.75, 3.05) is 18.5 Å². The molecule has 0 bridgehead atoms. The number of ether oxygens (including phenoxy) is 2. The summed E-state index contributed by atoms with van der Waals surface area (Å²) in [6, 6.07) is 11.9. The van der Waals surface area contributed by atoms with Gasteiger partial charge in [0.05, 0.1) is 18.5 Å². The first kappa shape index (κ1) is 17.7. The minimum atomic E-state index is -0.218. The molecule has 2 aromatic rings. The van der Waals surface area contributed by atoms with Crippen LogP contribution in [0.1, 0.15) is 24.5 Å². The van der Waals surface area contributed by atoms with Crippen LogP contribution in [0.15, 0.2) is 41.3 Å². The van der Waals surface area contributed by atoms with Gasteiger partial charge in [0.2, 0.25) is 5.91 Å². The highest BCUT2D eigenvalue weighted by Crippen LogP contribution is 2.35. The Hall–Kier alpha value is -2.14. The third-order valence-electron chi connectivity index (χ3n) is 4.05. The minimum absolute atomic E-state index is 0.00851. The molecule has 1 aliphatic heterocycles. The summed E-state index contributed by atoms with van der Waals surface area (Å²) < 4.78 is 11.4. The maximum Gasteiger partial charge on any atom is 0.237 e. The number of rotatable bonds is 4. The Bertz CT molecular complexity index is 776. The van der Waals surface area contributed by atoms with E-state index in [0.29, 0.717) is 13.2 Å². The van der Waals surface area contributed by atoms with Crippen LogP contribution in [0, 0.1) is 13.8 Å². The molecule has 0 saturated heterocycles. The molecule has 0 aromatic heterocycles. The van der Waals surface area contributed by atoms with Crippen molar-refractivity contribution >= 4 is 23.4 Å². The Morgan fingerprint density at radius 1 is 1.08 bits per heavy atom. The first-order valence-corrected chi connectivity index (χ1v) is 9.35. The average molecular weight is 357 g/mol. The number of benzene rings is 2. The van der Waals surface area contributed by atoms with Crippen LogP contribution in [0.3, 0.4) is 0 Å². The molecule has 1 N–H and O–H groups in total. The van der Waals surface area contributed by atoms with Crippen LogP contribution in [0.5, 0.6) is 11.5 Å². The van der Waals surface area contributed by atoms with Crippen LogP contribution in [-0.2, 0) is 4.79 Å². The van der Waals surface area contributed by atoms with E-state index >= 15 is 0 Å². The second-order valence-electron chi connectivity index (χ2n) is 6.23. The van der Waals surface area contributed by atoms with Gasteiger partial charge in [0.25, 0.3) is 0 Å². The lowest BCUT2D eigenvalue weighted by Gasteiger charge is -2.15. The molecule has 1 heterocycles. The number of anilines is 1. The summed E-state index contributed by atoms with van der Waals surface area (Å²) in [6.45, 7) is 7.26. The molecule has 2 aromatic carbocycles. The average Bonchev–Trinajstić information content (AvgIpc) is 2.83. The molecule has 4 nitrogen and oxygen atoms in total. The maximum atomic E-state index is 12.5. The van der Waals surface area contributed by atoms with E-state index < -0.39 is 0 Å². The summed E-state index contributed by atoms with van der Waals surface area (Å²) >= 11 is 1.51. The topological polar surface area (TPSA) is 47.6 Å². The fourth-order valence-electron chi connectivity index (χ4n) is 2.58. The minimum Gasteiger partial charge on any atom is -0.490 e. The molecule has 0 radical (unpaired) electrons. The van der Waals surface area contributed by atoms with Gasteiger partial charge in [-0.25, -0.2) is 0 Å². The zero-order valence-corrected chi connectivity index (χ0v) is 15.6. The zero-order valence-electron chi connectivity index (χ0n) is 14.8. The first-order valence-electron chi connectivity index (χ1n) is 8.47. The van der Waals surface area contributed by atoms with Crippen molar-refractivity contribution in [3.63, 3.8) is 0 Å². The van der Waals surface area contributed by atoms with Crippen LogP contribution in [0.4, 0.5) is 5.69 Å². The van der Waals surface area contributed by atoms with Crippen molar-refractivity contribution in [3.8, 4) is 11.5 Å². The molecule has 0 fully saturated rings. The van der Waals surface area contributed by atoms with Gasteiger partial charge in [0, 0.05) is 17.0 Å². The molecule has 0 aliphatic carbocycles. The largest absolute Gasteiger partial charge is 0.490 e. The summed E-state index contributed by atoms with van der Waals surface area (Å²) in [6.07, 6.45) is 0.881. The van der Waals surface area contributed by atoms with Gasteiger partial charge >= 0.3 is 0 Å². The number of thioether (sulfide) groups is 1. The Morgan fingerprint density at radius 2 is 1.84 bits per heavy atom. The van der Waals surface area contributed by atoms with Crippen molar-refractivity contribution in [2.45, 2.75) is 37.3 Å². The smallest absolute Gasteiger partial charge is 0.237 e. The van der Waals surface area contributed by atoms with E-state index in [-0.39, 0.29) is 11.2 Å². The molecule has 25 heavy (non-hydrogen) atoms. The lowest BCUT2D eigenvalue weighted by molar-refractivity contribution is -0.115. The number of carbonyl (C=O) groups is 1. The first-order chi connectivity index (χ1) is 12.0. The van der Waals surface area contributed by atoms with Gasteiger partial charge in [-0.05, 0) is 56.2 Å². The summed E-state index contributed by atoms with van der Waals surface area (Å²) in [5, 5.41) is 2.81. The highest BCUT2D eigenvalue weighted by molar-refractivity contribution is 8.00. The summed E-state index contributed by atoms with van der Waals surface area (Å²) in [4.78, 5) is 13.5. The molecule has 132 valence electrons. The molecule has 0 saturated carbocycles. The van der Waals surface area contributed by atoms with E-state index in [2.05, 4.69) is 5.32 Å². The van der Waals surface area contributed by atoms with Crippen molar-refractivity contribution in [1.82, 2.24) is 0 Å². The summed E-state index contributed by atoms with van der Waals surface area (Å²) in [5.74, 6) is 1.52. The predicted molar refractivity (Wildman–Crippen MR) is 102 cm³/mol. The van der Waals surface area contributed by atoms with Crippen LogP contribution in [0.25, 0.3) is 0 Å². The van der Waals surface area contributed by atoms with Crippen LogP contribution < -0.4 is 14.8 Å². The lowest BCUT2D eigenvalue weighted by Crippen LogP contribution is -2.22. The SMILES string of the molecule is Cc1ccc(C)c(NC(=O)[C@H](C)Sc2ccc3c(c2)OCCCO3)c1. The van der Waals surface area contributed by atoms with Crippen LogP contribution in [-0.4, -0.2) is 24.4 Å². The lowest BCUT2D eigenvalue weighted by atomic mass is 10.1. The second kappa shape index (κ2) is 7.83. The monoisotopic (exact) mass is 357 g/mol. The number of hydrogen-bond acceptors (Lipinski definition) is 4. The number of amides is 1. The third-order valence-corrected chi connectivity index (χ3v) is 5.15. The maximum absolute atomic E-state index is 12.5. The molecule has 1 amide bonds. The normalized spacial score (nSPS) is 14.5. The molecule has 0 unspecified atom stereocenters. The molecule has 3 rings (SSSR count). The van der Waals surface area contributed by atoms with Crippen LogP contribution in [0.2, 0.25) is 0 Å². The van der Waals surface area contributed by atoms with Crippen molar-refractivity contribution in [2.24, 2.45) is 0 Å². The standard InChI is InChI=1S/C20H23NO3S/c1-13-5-6-14(2)17(11-13)21-20(22)15(3)25-16-7-8-18-19(12-16)24-10-4-9-23-18/h5-8,11-12,15H,4,9-10H2,1-3H3,(H,21,22)/t15-/m0/s1. The van der Waals surface area contributed by atoms with E-state index in [0.717, 1.165) is 39.6 Å². The molecule has 1 atom stereocenters. The number of nitrogens with one attached hydrogen (secondary N) is 1. The quantitative estimate of drug-likeness (QED) is 0.814. The van der Waals surface area contributed by atoms with E-state index in [4.69, 9.17) is 9.47 Å². The van der Waals surface area contributed by atoms with Crippen molar-refractivity contribution in [1.29, 1.82) is 0 Å². The van der Waals surface area contributed by atoms with E-state index in [1.54, 1.807) is 0 Å². The predicted octanol–water partition coefficient (Wildman–Crippen LogP) is 4.58. The number of fused-ring (bicyclic) bond motifs is 1. The highest BCUT2D eigenvalue weighted by Gasteiger charge is 2.17. The molecule has 5 heteroatoms. The number of hydrogen-bond donors (Lipinski definition) is 1. The Labute approximate surface area is 152 Å². The fourth-order valence-corrected chi connectivity index (χ4v) is 3.48. The fraction of sp³-hybridized carbons (Fsp3) is 0.350.